The van der Waals surface area contributed by atoms with Crippen molar-refractivity contribution in [2.75, 3.05) is 5.32 Å². The number of carbonyl (C=O) groups excluding carboxylic acids is 1. The average Bonchev–Trinajstić information content (AvgIpc) is 3.31. The van der Waals surface area contributed by atoms with Crippen LogP contribution in [0.25, 0.3) is 11.0 Å². The van der Waals surface area contributed by atoms with Gasteiger partial charge in [0, 0.05) is 30.6 Å². The molecule has 1 amide bonds. The van der Waals surface area contributed by atoms with E-state index >= 15 is 0 Å². The summed E-state index contributed by atoms with van der Waals surface area (Å²) >= 11 is 6.24. The number of anilines is 1. The molecular formula is C23H24ClN5O2. The summed E-state index contributed by atoms with van der Waals surface area (Å²) in [4.78, 5) is 25.5. The fourth-order valence-corrected chi connectivity index (χ4v) is 3.90. The highest BCUT2D eigenvalue weighted by Crippen LogP contribution is 2.18. The molecule has 0 saturated heterocycles. The summed E-state index contributed by atoms with van der Waals surface area (Å²) in [7, 11) is 0. The second-order valence-corrected chi connectivity index (χ2v) is 7.75. The van der Waals surface area contributed by atoms with E-state index in [-0.39, 0.29) is 18.0 Å². The van der Waals surface area contributed by atoms with E-state index in [2.05, 4.69) is 10.4 Å². The van der Waals surface area contributed by atoms with Crippen LogP contribution in [0.1, 0.15) is 25.3 Å². The van der Waals surface area contributed by atoms with E-state index in [0.29, 0.717) is 30.5 Å². The molecule has 0 atom stereocenters. The third-order valence-electron chi connectivity index (χ3n) is 5.20. The van der Waals surface area contributed by atoms with E-state index in [4.69, 9.17) is 11.6 Å². The molecule has 7 nitrogen and oxygen atoms in total. The van der Waals surface area contributed by atoms with Crippen LogP contribution in [0.2, 0.25) is 5.02 Å². The molecule has 4 aromatic rings. The maximum atomic E-state index is 12.9. The predicted octanol–water partition coefficient (Wildman–Crippen LogP) is 4.14. The summed E-state index contributed by atoms with van der Waals surface area (Å²) < 4.78 is 5.13. The third kappa shape index (κ3) is 4.41. The van der Waals surface area contributed by atoms with Crippen molar-refractivity contribution in [2.24, 2.45) is 0 Å². The average molecular weight is 438 g/mol. The molecule has 0 aliphatic carbocycles. The topological polar surface area (TPSA) is 73.8 Å². The van der Waals surface area contributed by atoms with E-state index in [0.717, 1.165) is 23.0 Å². The van der Waals surface area contributed by atoms with Crippen molar-refractivity contribution in [1.29, 1.82) is 0 Å². The number of fused-ring (bicyclic) bond motifs is 1. The van der Waals surface area contributed by atoms with Gasteiger partial charge < -0.3 is 5.32 Å². The Morgan fingerprint density at radius 2 is 1.68 bits per heavy atom. The van der Waals surface area contributed by atoms with Crippen LogP contribution in [0.5, 0.6) is 0 Å². The van der Waals surface area contributed by atoms with Crippen LogP contribution in [0.3, 0.4) is 0 Å². The monoisotopic (exact) mass is 437 g/mol. The van der Waals surface area contributed by atoms with E-state index in [1.165, 1.54) is 0 Å². The molecule has 0 aliphatic rings. The van der Waals surface area contributed by atoms with E-state index in [1.807, 2.05) is 55.5 Å². The lowest BCUT2D eigenvalue weighted by Crippen LogP contribution is -2.26. The van der Waals surface area contributed by atoms with Gasteiger partial charge in [0.25, 0.3) is 0 Å². The molecule has 0 radical (unpaired) electrons. The number of aromatic nitrogens is 4. The van der Waals surface area contributed by atoms with Gasteiger partial charge in [0.1, 0.15) is 5.82 Å². The number of imidazole rings is 1. The molecule has 1 N–H and O–H groups in total. The first-order chi connectivity index (χ1) is 15.1. The molecule has 31 heavy (non-hydrogen) atoms. The summed E-state index contributed by atoms with van der Waals surface area (Å²) in [5, 5.41) is 7.83. The molecule has 0 unspecified atom stereocenters. The zero-order chi connectivity index (χ0) is 21.8. The molecule has 4 rings (SSSR count). The molecule has 0 bridgehead atoms. The van der Waals surface area contributed by atoms with E-state index in [1.54, 1.807) is 26.1 Å². The fraction of sp³-hybridized carbons (Fsp3) is 0.261. The smallest absolute Gasteiger partial charge is 0.311 e. The number of benzene rings is 2. The number of rotatable bonds is 8. The van der Waals surface area contributed by atoms with Gasteiger partial charge in [-0.2, -0.15) is 5.10 Å². The van der Waals surface area contributed by atoms with Gasteiger partial charge in [-0.05, 0) is 30.2 Å². The maximum absolute atomic E-state index is 12.9. The third-order valence-corrected chi connectivity index (χ3v) is 5.57. The van der Waals surface area contributed by atoms with Gasteiger partial charge in [-0.1, -0.05) is 48.9 Å². The number of carbonyl (C=O) groups is 1. The Kier molecular flexibility index (Phi) is 6.23. The number of nitrogens with one attached hydrogen (secondary N) is 1. The van der Waals surface area contributed by atoms with Crippen LogP contribution in [0, 0.1) is 0 Å². The van der Waals surface area contributed by atoms with Gasteiger partial charge >= 0.3 is 5.69 Å². The van der Waals surface area contributed by atoms with Gasteiger partial charge in [-0.25, -0.2) is 9.48 Å². The summed E-state index contributed by atoms with van der Waals surface area (Å²) in [6, 6.07) is 17.0. The van der Waals surface area contributed by atoms with E-state index < -0.39 is 0 Å². The molecule has 2 heterocycles. The Morgan fingerprint density at radius 1 is 1.00 bits per heavy atom. The molecular weight excluding hydrogens is 414 g/mol. The molecule has 2 aromatic carbocycles. The standard InChI is InChI=1S/C23H24ClN5O2/c1-2-14-27-19-9-5-6-10-20(19)28(23(27)31)15-12-22(30)26-21-11-13-25-29(21)16-17-7-3-4-8-18(17)24/h3-11,13H,2,12,14-16H2,1H3,(H,26,30). The summed E-state index contributed by atoms with van der Waals surface area (Å²) in [6.45, 7) is 3.45. The van der Waals surface area contributed by atoms with E-state index in [9.17, 15) is 9.59 Å². The van der Waals surface area contributed by atoms with Crippen molar-refractivity contribution in [1.82, 2.24) is 18.9 Å². The number of amides is 1. The lowest BCUT2D eigenvalue weighted by molar-refractivity contribution is -0.116. The Morgan fingerprint density at radius 3 is 2.39 bits per heavy atom. The molecule has 8 heteroatoms. The minimum atomic E-state index is -0.180. The largest absolute Gasteiger partial charge is 0.329 e. The van der Waals surface area contributed by atoms with Gasteiger partial charge in [0.2, 0.25) is 5.91 Å². The lowest BCUT2D eigenvalue weighted by atomic mass is 10.2. The zero-order valence-electron chi connectivity index (χ0n) is 17.3. The summed E-state index contributed by atoms with van der Waals surface area (Å²) in [5.74, 6) is 0.408. The SMILES string of the molecule is CCCn1c(=O)n(CCC(=O)Nc2ccnn2Cc2ccccc2Cl)c2ccccc21. The van der Waals surface area contributed by atoms with Gasteiger partial charge in [-0.3, -0.25) is 13.9 Å². The molecule has 2 aromatic heterocycles. The quantitative estimate of drug-likeness (QED) is 0.450. The van der Waals surface area contributed by atoms with Crippen LogP contribution in [0.15, 0.2) is 65.6 Å². The molecule has 0 spiro atoms. The molecule has 0 saturated carbocycles. The van der Waals surface area contributed by atoms with Gasteiger partial charge in [0.05, 0.1) is 23.8 Å². The van der Waals surface area contributed by atoms with Crippen LogP contribution in [0.4, 0.5) is 5.82 Å². The first kappa shape index (κ1) is 20.9. The van der Waals surface area contributed by atoms with Crippen molar-refractivity contribution < 1.29 is 4.79 Å². The Labute approximate surface area is 184 Å². The fourth-order valence-electron chi connectivity index (χ4n) is 3.70. The van der Waals surface area contributed by atoms with Gasteiger partial charge in [-0.15, -0.1) is 0 Å². The number of halogens is 1. The minimum absolute atomic E-state index is 0.0837. The van der Waals surface area contributed by atoms with Crippen molar-refractivity contribution in [2.45, 2.75) is 39.4 Å². The molecule has 0 fully saturated rings. The first-order valence-corrected chi connectivity index (χ1v) is 10.7. The highest BCUT2D eigenvalue weighted by Gasteiger charge is 2.14. The normalized spacial score (nSPS) is 11.2. The first-order valence-electron chi connectivity index (χ1n) is 10.3. The van der Waals surface area contributed by atoms with Crippen molar-refractivity contribution in [3.63, 3.8) is 0 Å². The Bertz CT molecular complexity index is 1270. The van der Waals surface area contributed by atoms with Gasteiger partial charge in [0.15, 0.2) is 0 Å². The highest BCUT2D eigenvalue weighted by molar-refractivity contribution is 6.31. The van der Waals surface area contributed by atoms with Crippen LogP contribution >= 0.6 is 11.6 Å². The summed E-state index contributed by atoms with van der Waals surface area (Å²) in [5.41, 5.74) is 2.57. The molecule has 0 aliphatic heterocycles. The Hall–Kier alpha value is -3.32. The predicted molar refractivity (Wildman–Crippen MR) is 123 cm³/mol. The van der Waals surface area contributed by atoms with Crippen LogP contribution in [-0.2, 0) is 24.4 Å². The van der Waals surface area contributed by atoms with Crippen molar-refractivity contribution >= 4 is 34.4 Å². The lowest BCUT2D eigenvalue weighted by Gasteiger charge is -2.10. The number of hydrogen-bond acceptors (Lipinski definition) is 3. The number of nitrogens with zero attached hydrogens (tertiary/aromatic N) is 4. The van der Waals surface area contributed by atoms with Crippen molar-refractivity contribution in [3.05, 3.63) is 81.9 Å². The Balaban J connectivity index is 1.47. The maximum Gasteiger partial charge on any atom is 0.329 e. The summed E-state index contributed by atoms with van der Waals surface area (Å²) in [6.07, 6.45) is 2.68. The number of para-hydroxylation sites is 2. The minimum Gasteiger partial charge on any atom is -0.311 e. The van der Waals surface area contributed by atoms with Crippen LogP contribution < -0.4 is 11.0 Å². The highest BCUT2D eigenvalue weighted by atomic mass is 35.5. The van der Waals surface area contributed by atoms with Crippen molar-refractivity contribution in [3.8, 4) is 0 Å². The van der Waals surface area contributed by atoms with Crippen LogP contribution in [-0.4, -0.2) is 24.8 Å². The zero-order valence-corrected chi connectivity index (χ0v) is 18.0. The number of hydrogen-bond donors (Lipinski definition) is 1. The molecule has 160 valence electrons. The second kappa shape index (κ2) is 9.22. The second-order valence-electron chi connectivity index (χ2n) is 7.34. The number of aryl methyl sites for hydroxylation is 2.